The number of hydrogen-bond donors (Lipinski definition) is 2. The largest absolute Gasteiger partial charge is 0.481 e. The summed E-state index contributed by atoms with van der Waals surface area (Å²) >= 11 is 4.97. The first-order valence-electron chi connectivity index (χ1n) is 6.88. The van der Waals surface area contributed by atoms with Crippen LogP contribution in [0, 0.1) is 5.41 Å². The molecule has 21 heavy (non-hydrogen) atoms. The third-order valence-corrected chi connectivity index (χ3v) is 5.53. The van der Waals surface area contributed by atoms with E-state index in [9.17, 15) is 14.7 Å². The molecule has 5 nitrogen and oxygen atoms in total. The molecule has 2 amide bonds. The van der Waals surface area contributed by atoms with Gasteiger partial charge in [0.2, 0.25) is 0 Å². The van der Waals surface area contributed by atoms with E-state index in [1.807, 2.05) is 11.4 Å². The monoisotopic (exact) mass is 374 g/mol. The van der Waals surface area contributed by atoms with Crippen molar-refractivity contribution in [1.82, 2.24) is 10.2 Å². The molecule has 116 valence electrons. The van der Waals surface area contributed by atoms with Crippen LogP contribution in [0.25, 0.3) is 0 Å². The van der Waals surface area contributed by atoms with E-state index in [2.05, 4.69) is 21.2 Å². The molecular weight excluding hydrogens is 356 g/mol. The second kappa shape index (κ2) is 6.79. The van der Waals surface area contributed by atoms with Gasteiger partial charge in [0.25, 0.3) is 0 Å². The van der Waals surface area contributed by atoms with E-state index >= 15 is 0 Å². The zero-order valence-corrected chi connectivity index (χ0v) is 14.3. The number of carboxylic acids is 1. The molecule has 1 fully saturated rings. The Morgan fingerprint density at radius 2 is 2.14 bits per heavy atom. The Morgan fingerprint density at radius 1 is 1.48 bits per heavy atom. The second-order valence-electron chi connectivity index (χ2n) is 5.57. The van der Waals surface area contributed by atoms with Gasteiger partial charge in [-0.15, -0.1) is 11.3 Å². The van der Waals surface area contributed by atoms with Gasteiger partial charge < -0.3 is 15.3 Å². The zero-order chi connectivity index (χ0) is 15.5. The number of urea groups is 1. The van der Waals surface area contributed by atoms with Crippen LogP contribution in [0.4, 0.5) is 4.79 Å². The Hall–Kier alpha value is -1.08. The van der Waals surface area contributed by atoms with Crippen LogP contribution in [0.3, 0.4) is 0 Å². The molecule has 0 saturated heterocycles. The van der Waals surface area contributed by atoms with E-state index in [1.54, 1.807) is 23.3 Å². The van der Waals surface area contributed by atoms with Gasteiger partial charge in [-0.2, -0.15) is 0 Å². The van der Waals surface area contributed by atoms with Crippen LogP contribution in [-0.2, 0) is 11.3 Å². The predicted octanol–water partition coefficient (Wildman–Crippen LogP) is 3.30. The minimum atomic E-state index is -0.801. The number of thiophene rings is 1. The van der Waals surface area contributed by atoms with Crippen molar-refractivity contribution in [3.05, 3.63) is 20.8 Å². The zero-order valence-electron chi connectivity index (χ0n) is 11.9. The normalized spacial score (nSPS) is 16.7. The molecule has 1 aromatic rings. The highest BCUT2D eigenvalue weighted by Crippen LogP contribution is 2.37. The standard InChI is InChI=1S/C14H19BrN2O3S/c1-17(7-10-6-11(15)21-8-10)13(20)16-9-14(12(18)19)4-2-3-5-14/h6,8H,2-5,7,9H2,1H3,(H,16,20)(H,18,19). The molecule has 2 N–H and O–H groups in total. The number of hydrogen-bond acceptors (Lipinski definition) is 3. The summed E-state index contributed by atoms with van der Waals surface area (Å²) in [6.45, 7) is 0.715. The van der Waals surface area contributed by atoms with E-state index in [-0.39, 0.29) is 12.6 Å². The van der Waals surface area contributed by atoms with Gasteiger partial charge in [0.1, 0.15) is 0 Å². The van der Waals surface area contributed by atoms with Gasteiger partial charge >= 0.3 is 12.0 Å². The third kappa shape index (κ3) is 3.97. The van der Waals surface area contributed by atoms with Crippen molar-refractivity contribution in [2.75, 3.05) is 13.6 Å². The minimum absolute atomic E-state index is 0.207. The number of carbonyl (C=O) groups excluding carboxylic acids is 1. The summed E-state index contributed by atoms with van der Waals surface area (Å²) in [5.41, 5.74) is 0.278. The van der Waals surface area contributed by atoms with Gasteiger partial charge in [-0.3, -0.25) is 4.79 Å². The SMILES string of the molecule is CN(Cc1csc(Br)c1)C(=O)NCC1(C(=O)O)CCCC1. The lowest BCUT2D eigenvalue weighted by Crippen LogP contribution is -2.45. The van der Waals surface area contributed by atoms with Gasteiger partial charge in [-0.05, 0) is 45.8 Å². The highest BCUT2D eigenvalue weighted by atomic mass is 79.9. The van der Waals surface area contributed by atoms with Crippen LogP contribution >= 0.6 is 27.3 Å². The van der Waals surface area contributed by atoms with Crippen LogP contribution in [0.2, 0.25) is 0 Å². The van der Waals surface area contributed by atoms with Crippen LogP contribution < -0.4 is 5.32 Å². The molecule has 7 heteroatoms. The highest BCUT2D eigenvalue weighted by Gasteiger charge is 2.41. The van der Waals surface area contributed by atoms with Crippen LogP contribution in [-0.4, -0.2) is 35.6 Å². The third-order valence-electron chi connectivity index (χ3n) is 3.98. The lowest BCUT2D eigenvalue weighted by atomic mass is 9.86. The lowest BCUT2D eigenvalue weighted by Gasteiger charge is -2.26. The summed E-state index contributed by atoms with van der Waals surface area (Å²) in [4.78, 5) is 25.1. The van der Waals surface area contributed by atoms with Crippen molar-refractivity contribution in [3.63, 3.8) is 0 Å². The molecule has 0 aliphatic heterocycles. The predicted molar refractivity (Wildman–Crippen MR) is 85.4 cm³/mol. The summed E-state index contributed by atoms with van der Waals surface area (Å²) in [6, 6.07) is 1.74. The molecule has 0 radical (unpaired) electrons. The second-order valence-corrected chi connectivity index (χ2v) is 7.86. The number of nitrogens with one attached hydrogen (secondary N) is 1. The molecule has 2 rings (SSSR count). The number of carbonyl (C=O) groups is 2. The van der Waals surface area contributed by atoms with E-state index in [0.717, 1.165) is 22.2 Å². The summed E-state index contributed by atoms with van der Waals surface area (Å²) in [7, 11) is 1.71. The summed E-state index contributed by atoms with van der Waals surface area (Å²) in [5.74, 6) is -0.801. The molecule has 1 saturated carbocycles. The van der Waals surface area contributed by atoms with E-state index < -0.39 is 11.4 Å². The average molecular weight is 375 g/mol. The Kier molecular flexibility index (Phi) is 5.27. The molecule has 1 aromatic heterocycles. The van der Waals surface area contributed by atoms with Crippen molar-refractivity contribution >= 4 is 39.3 Å². The van der Waals surface area contributed by atoms with Gasteiger partial charge in [0, 0.05) is 20.1 Å². The van der Waals surface area contributed by atoms with Crippen molar-refractivity contribution in [2.45, 2.75) is 32.2 Å². The molecule has 0 unspecified atom stereocenters. The minimum Gasteiger partial charge on any atom is -0.481 e. The first kappa shape index (κ1) is 16.3. The van der Waals surface area contributed by atoms with Crippen LogP contribution in [0.1, 0.15) is 31.2 Å². The lowest BCUT2D eigenvalue weighted by molar-refractivity contribution is -0.148. The Morgan fingerprint density at radius 3 is 2.67 bits per heavy atom. The molecular formula is C14H19BrN2O3S. The first-order valence-corrected chi connectivity index (χ1v) is 8.55. The van der Waals surface area contributed by atoms with Crippen molar-refractivity contribution in [3.8, 4) is 0 Å². The summed E-state index contributed by atoms with van der Waals surface area (Å²) < 4.78 is 1.03. The number of amides is 2. The number of halogens is 1. The number of carboxylic acid groups (broad SMARTS) is 1. The average Bonchev–Trinajstić information content (AvgIpc) is 3.06. The maximum Gasteiger partial charge on any atom is 0.317 e. The first-order chi connectivity index (χ1) is 9.93. The molecule has 0 spiro atoms. The fourth-order valence-electron chi connectivity index (χ4n) is 2.67. The Labute approximate surface area is 136 Å². The van der Waals surface area contributed by atoms with Gasteiger partial charge in [0.15, 0.2) is 0 Å². The van der Waals surface area contributed by atoms with E-state index in [1.165, 1.54) is 0 Å². The molecule has 1 aliphatic rings. The molecule has 1 heterocycles. The topological polar surface area (TPSA) is 69.6 Å². The summed E-state index contributed by atoms with van der Waals surface area (Å²) in [6.07, 6.45) is 3.12. The van der Waals surface area contributed by atoms with Crippen molar-refractivity contribution in [2.24, 2.45) is 5.41 Å². The van der Waals surface area contributed by atoms with Gasteiger partial charge in [-0.1, -0.05) is 12.8 Å². The molecule has 0 atom stereocenters. The number of rotatable bonds is 5. The molecule has 0 bridgehead atoms. The van der Waals surface area contributed by atoms with Crippen LogP contribution in [0.5, 0.6) is 0 Å². The molecule has 1 aliphatic carbocycles. The quantitative estimate of drug-likeness (QED) is 0.830. The van der Waals surface area contributed by atoms with Crippen molar-refractivity contribution < 1.29 is 14.7 Å². The van der Waals surface area contributed by atoms with Crippen molar-refractivity contribution in [1.29, 1.82) is 0 Å². The Balaban J connectivity index is 1.87. The summed E-state index contributed by atoms with van der Waals surface area (Å²) in [5, 5.41) is 14.1. The van der Waals surface area contributed by atoms with Gasteiger partial charge in [-0.25, -0.2) is 4.79 Å². The highest BCUT2D eigenvalue weighted by molar-refractivity contribution is 9.11. The number of aliphatic carboxylic acids is 1. The maximum absolute atomic E-state index is 12.1. The fourth-order valence-corrected chi connectivity index (χ4v) is 3.87. The van der Waals surface area contributed by atoms with Gasteiger partial charge in [0.05, 0.1) is 9.20 Å². The Bertz CT molecular complexity index is 526. The van der Waals surface area contributed by atoms with Crippen LogP contribution in [0.15, 0.2) is 15.2 Å². The number of nitrogens with zero attached hydrogens (tertiary/aromatic N) is 1. The maximum atomic E-state index is 12.1. The smallest absolute Gasteiger partial charge is 0.317 e. The fraction of sp³-hybridized carbons (Fsp3) is 0.571. The van der Waals surface area contributed by atoms with E-state index in [0.29, 0.717) is 19.4 Å². The van der Waals surface area contributed by atoms with E-state index in [4.69, 9.17) is 0 Å². The molecule has 0 aromatic carbocycles.